The molecule has 1 saturated heterocycles. The molecule has 1 unspecified atom stereocenters. The molecule has 1 rings (SSSR count). The molecular formula is C9H14N2O4. The van der Waals surface area contributed by atoms with Crippen LogP contribution in [-0.2, 0) is 14.4 Å². The summed E-state index contributed by atoms with van der Waals surface area (Å²) in [6, 6.07) is -0.442. The first-order valence-corrected chi connectivity index (χ1v) is 4.88. The Morgan fingerprint density at radius 3 is 2.80 bits per heavy atom. The van der Waals surface area contributed by atoms with Crippen molar-refractivity contribution < 1.29 is 19.5 Å². The largest absolute Gasteiger partial charge is 0.481 e. The van der Waals surface area contributed by atoms with Crippen LogP contribution in [0.5, 0.6) is 0 Å². The summed E-state index contributed by atoms with van der Waals surface area (Å²) in [6.07, 6.45) is 1.34. The zero-order valence-corrected chi connectivity index (χ0v) is 8.28. The second kappa shape index (κ2) is 5.33. The van der Waals surface area contributed by atoms with E-state index in [1.807, 2.05) is 0 Å². The number of rotatable bonds is 5. The molecule has 0 aromatic rings. The first kappa shape index (κ1) is 11.5. The van der Waals surface area contributed by atoms with Gasteiger partial charge in [-0.3, -0.25) is 14.4 Å². The van der Waals surface area contributed by atoms with Gasteiger partial charge < -0.3 is 15.7 Å². The van der Waals surface area contributed by atoms with E-state index in [0.717, 1.165) is 0 Å². The molecule has 0 aromatic carbocycles. The van der Waals surface area contributed by atoms with E-state index >= 15 is 0 Å². The second-order valence-corrected chi connectivity index (χ2v) is 3.45. The van der Waals surface area contributed by atoms with E-state index in [4.69, 9.17) is 5.11 Å². The maximum atomic E-state index is 11.4. The molecule has 0 radical (unpaired) electrons. The van der Waals surface area contributed by atoms with Gasteiger partial charge in [0.15, 0.2) is 0 Å². The van der Waals surface area contributed by atoms with Crippen LogP contribution in [0.25, 0.3) is 0 Å². The molecule has 15 heavy (non-hydrogen) atoms. The van der Waals surface area contributed by atoms with Crippen LogP contribution >= 0.6 is 0 Å². The van der Waals surface area contributed by atoms with Crippen molar-refractivity contribution in [3.05, 3.63) is 0 Å². The van der Waals surface area contributed by atoms with E-state index in [0.29, 0.717) is 25.8 Å². The molecular weight excluding hydrogens is 200 g/mol. The van der Waals surface area contributed by atoms with E-state index in [9.17, 15) is 14.4 Å². The van der Waals surface area contributed by atoms with Crippen LogP contribution in [-0.4, -0.2) is 35.5 Å². The molecule has 1 heterocycles. The summed E-state index contributed by atoms with van der Waals surface area (Å²) in [7, 11) is 0. The zero-order valence-electron chi connectivity index (χ0n) is 8.28. The molecule has 6 heteroatoms. The number of carbonyl (C=O) groups excluding carboxylic acids is 2. The fourth-order valence-corrected chi connectivity index (χ4v) is 1.39. The van der Waals surface area contributed by atoms with Gasteiger partial charge in [-0.25, -0.2) is 0 Å². The number of hydrogen-bond donors (Lipinski definition) is 3. The predicted molar refractivity (Wildman–Crippen MR) is 51.0 cm³/mol. The summed E-state index contributed by atoms with van der Waals surface area (Å²) < 4.78 is 0. The van der Waals surface area contributed by atoms with Gasteiger partial charge >= 0.3 is 5.97 Å². The minimum Gasteiger partial charge on any atom is -0.481 e. The molecule has 0 bridgehead atoms. The fraction of sp³-hybridized carbons (Fsp3) is 0.667. The lowest BCUT2D eigenvalue weighted by Gasteiger charge is -2.09. The SMILES string of the molecule is O=C(O)CCCNC(=O)C1CCC(=O)N1. The van der Waals surface area contributed by atoms with Crippen molar-refractivity contribution in [1.82, 2.24) is 10.6 Å². The Morgan fingerprint density at radius 2 is 2.27 bits per heavy atom. The Kier molecular flexibility index (Phi) is 4.08. The van der Waals surface area contributed by atoms with Crippen molar-refractivity contribution in [3.8, 4) is 0 Å². The number of nitrogens with one attached hydrogen (secondary N) is 2. The summed E-state index contributed by atoms with van der Waals surface area (Å²) in [4.78, 5) is 32.3. The zero-order chi connectivity index (χ0) is 11.3. The number of amides is 2. The van der Waals surface area contributed by atoms with Crippen LogP contribution in [0.2, 0.25) is 0 Å². The quantitative estimate of drug-likeness (QED) is 0.524. The summed E-state index contributed by atoms with van der Waals surface area (Å²) in [5.41, 5.74) is 0. The maximum Gasteiger partial charge on any atom is 0.303 e. The highest BCUT2D eigenvalue weighted by atomic mass is 16.4. The number of carboxylic acids is 1. The Hall–Kier alpha value is -1.59. The maximum absolute atomic E-state index is 11.4. The Balaban J connectivity index is 2.13. The van der Waals surface area contributed by atoms with Gasteiger partial charge in [0.1, 0.15) is 6.04 Å². The first-order valence-electron chi connectivity index (χ1n) is 4.88. The molecule has 0 saturated carbocycles. The number of carbonyl (C=O) groups is 3. The minimum atomic E-state index is -0.876. The molecule has 2 amide bonds. The Morgan fingerprint density at radius 1 is 1.53 bits per heavy atom. The third kappa shape index (κ3) is 3.97. The average molecular weight is 214 g/mol. The molecule has 1 aliphatic heterocycles. The first-order chi connectivity index (χ1) is 7.09. The van der Waals surface area contributed by atoms with Gasteiger partial charge in [-0.2, -0.15) is 0 Å². The van der Waals surface area contributed by atoms with Crippen molar-refractivity contribution >= 4 is 17.8 Å². The lowest BCUT2D eigenvalue weighted by atomic mass is 10.2. The molecule has 1 aliphatic rings. The Bertz CT molecular complexity index is 277. The summed E-state index contributed by atoms with van der Waals surface area (Å²) in [5.74, 6) is -1.22. The molecule has 3 N–H and O–H groups in total. The van der Waals surface area contributed by atoms with Crippen LogP contribution < -0.4 is 10.6 Å². The standard InChI is InChI=1S/C9H14N2O4/c12-7-4-3-6(11-7)9(15)10-5-1-2-8(13)14/h6H,1-5H2,(H,10,15)(H,11,12)(H,13,14). The number of hydrogen-bond acceptors (Lipinski definition) is 3. The van der Waals surface area contributed by atoms with Crippen LogP contribution in [0.1, 0.15) is 25.7 Å². The van der Waals surface area contributed by atoms with E-state index in [1.165, 1.54) is 0 Å². The normalized spacial score (nSPS) is 19.7. The molecule has 1 atom stereocenters. The van der Waals surface area contributed by atoms with Crippen LogP contribution in [0.3, 0.4) is 0 Å². The topological polar surface area (TPSA) is 95.5 Å². The highest BCUT2D eigenvalue weighted by Gasteiger charge is 2.26. The molecule has 0 aromatic heterocycles. The van der Waals surface area contributed by atoms with Crippen molar-refractivity contribution in [3.63, 3.8) is 0 Å². The van der Waals surface area contributed by atoms with Crippen LogP contribution in [0.15, 0.2) is 0 Å². The summed E-state index contributed by atoms with van der Waals surface area (Å²) >= 11 is 0. The van der Waals surface area contributed by atoms with Crippen molar-refractivity contribution in [2.45, 2.75) is 31.7 Å². The van der Waals surface area contributed by atoms with E-state index in [-0.39, 0.29) is 18.2 Å². The van der Waals surface area contributed by atoms with E-state index in [2.05, 4.69) is 10.6 Å². The van der Waals surface area contributed by atoms with Crippen molar-refractivity contribution in [1.29, 1.82) is 0 Å². The third-order valence-electron chi connectivity index (χ3n) is 2.18. The molecule has 84 valence electrons. The van der Waals surface area contributed by atoms with Crippen molar-refractivity contribution in [2.75, 3.05) is 6.54 Å². The number of carboxylic acid groups (broad SMARTS) is 1. The highest BCUT2D eigenvalue weighted by Crippen LogP contribution is 2.05. The third-order valence-corrected chi connectivity index (χ3v) is 2.18. The average Bonchev–Trinajstić information content (AvgIpc) is 2.59. The lowest BCUT2D eigenvalue weighted by molar-refractivity contribution is -0.137. The van der Waals surface area contributed by atoms with E-state index in [1.54, 1.807) is 0 Å². The lowest BCUT2D eigenvalue weighted by Crippen LogP contribution is -2.41. The van der Waals surface area contributed by atoms with Gasteiger partial charge in [0, 0.05) is 19.4 Å². The number of aliphatic carboxylic acids is 1. The van der Waals surface area contributed by atoms with Gasteiger partial charge in [0.2, 0.25) is 11.8 Å². The fourth-order valence-electron chi connectivity index (χ4n) is 1.39. The van der Waals surface area contributed by atoms with Gasteiger partial charge in [0.05, 0.1) is 0 Å². The Labute approximate surface area is 87.0 Å². The molecule has 6 nitrogen and oxygen atoms in total. The van der Waals surface area contributed by atoms with Gasteiger partial charge in [-0.05, 0) is 12.8 Å². The predicted octanol–water partition coefficient (Wildman–Crippen LogP) is -0.754. The smallest absolute Gasteiger partial charge is 0.303 e. The molecule has 0 aliphatic carbocycles. The van der Waals surface area contributed by atoms with Gasteiger partial charge in [-0.15, -0.1) is 0 Å². The molecule has 0 spiro atoms. The second-order valence-electron chi connectivity index (χ2n) is 3.45. The monoisotopic (exact) mass is 214 g/mol. The highest BCUT2D eigenvalue weighted by molar-refractivity contribution is 5.90. The van der Waals surface area contributed by atoms with Gasteiger partial charge in [-0.1, -0.05) is 0 Å². The summed E-state index contributed by atoms with van der Waals surface area (Å²) in [6.45, 7) is 0.331. The van der Waals surface area contributed by atoms with Gasteiger partial charge in [0.25, 0.3) is 0 Å². The molecule has 1 fully saturated rings. The van der Waals surface area contributed by atoms with Crippen LogP contribution in [0, 0.1) is 0 Å². The summed E-state index contributed by atoms with van der Waals surface area (Å²) in [5, 5.41) is 13.5. The minimum absolute atomic E-state index is 0.0390. The van der Waals surface area contributed by atoms with E-state index < -0.39 is 12.0 Å². The van der Waals surface area contributed by atoms with Crippen LogP contribution in [0.4, 0.5) is 0 Å². The van der Waals surface area contributed by atoms with Crippen molar-refractivity contribution in [2.24, 2.45) is 0 Å².